The van der Waals surface area contributed by atoms with Gasteiger partial charge in [0, 0.05) is 24.7 Å². The van der Waals surface area contributed by atoms with Crippen LogP contribution in [0.4, 0.5) is 4.79 Å². The van der Waals surface area contributed by atoms with Gasteiger partial charge in [-0.25, -0.2) is 14.6 Å². The second-order valence-corrected chi connectivity index (χ2v) is 7.31. The van der Waals surface area contributed by atoms with Gasteiger partial charge in [-0.2, -0.15) is 0 Å². The van der Waals surface area contributed by atoms with Crippen LogP contribution in [0.25, 0.3) is 0 Å². The highest BCUT2D eigenvalue weighted by Crippen LogP contribution is 2.07. The Bertz CT molecular complexity index is 1030. The maximum atomic E-state index is 13.1. The number of hydrogen-bond acceptors (Lipinski definition) is 6. The van der Waals surface area contributed by atoms with Crippen LogP contribution in [0.1, 0.15) is 16.8 Å². The van der Waals surface area contributed by atoms with E-state index in [1.54, 1.807) is 6.20 Å². The van der Waals surface area contributed by atoms with Crippen molar-refractivity contribution in [2.45, 2.75) is 31.5 Å². The number of aromatic amines is 1. The molecule has 3 rings (SSSR count). The monoisotopic (exact) mass is 450 g/mol. The van der Waals surface area contributed by atoms with Crippen LogP contribution in [0.2, 0.25) is 0 Å². The third kappa shape index (κ3) is 7.49. The van der Waals surface area contributed by atoms with Crippen LogP contribution in [-0.4, -0.2) is 47.1 Å². The first kappa shape index (κ1) is 23.5. The summed E-state index contributed by atoms with van der Waals surface area (Å²) in [5.74, 6) is -1.13. The number of amides is 2. The van der Waals surface area contributed by atoms with Crippen LogP contribution in [0, 0.1) is 0 Å². The molecular formula is C24H26N4O5. The molecule has 0 aliphatic heterocycles. The van der Waals surface area contributed by atoms with Crippen molar-refractivity contribution in [1.29, 1.82) is 0 Å². The van der Waals surface area contributed by atoms with Gasteiger partial charge in [-0.3, -0.25) is 4.79 Å². The van der Waals surface area contributed by atoms with Crippen LogP contribution in [0.3, 0.4) is 0 Å². The number of rotatable bonds is 10. The van der Waals surface area contributed by atoms with Crippen molar-refractivity contribution in [1.82, 2.24) is 20.6 Å². The lowest BCUT2D eigenvalue weighted by Gasteiger charge is -2.22. The molecule has 3 N–H and O–H groups in total. The van der Waals surface area contributed by atoms with Gasteiger partial charge in [0.15, 0.2) is 0 Å². The molecule has 1 aromatic heterocycles. The fourth-order valence-electron chi connectivity index (χ4n) is 3.19. The summed E-state index contributed by atoms with van der Waals surface area (Å²) in [5, 5.41) is 5.27. The Balaban J connectivity index is 1.67. The van der Waals surface area contributed by atoms with Crippen molar-refractivity contribution in [2.75, 3.05) is 7.11 Å². The molecule has 0 saturated heterocycles. The van der Waals surface area contributed by atoms with Crippen molar-refractivity contribution >= 4 is 18.0 Å². The zero-order valence-electron chi connectivity index (χ0n) is 18.2. The minimum Gasteiger partial charge on any atom is -0.467 e. The Morgan fingerprint density at radius 3 is 2.18 bits per heavy atom. The Kier molecular flexibility index (Phi) is 8.58. The summed E-state index contributed by atoms with van der Waals surface area (Å²) in [7, 11) is 1.26. The van der Waals surface area contributed by atoms with Gasteiger partial charge < -0.3 is 25.1 Å². The second-order valence-electron chi connectivity index (χ2n) is 7.31. The molecule has 9 nitrogen and oxygen atoms in total. The highest BCUT2D eigenvalue weighted by molar-refractivity contribution is 5.90. The van der Waals surface area contributed by atoms with E-state index in [4.69, 9.17) is 9.47 Å². The Morgan fingerprint density at radius 1 is 0.909 bits per heavy atom. The lowest BCUT2D eigenvalue weighted by atomic mass is 10.0. The van der Waals surface area contributed by atoms with E-state index < -0.39 is 30.1 Å². The van der Waals surface area contributed by atoms with Crippen LogP contribution in [0.15, 0.2) is 73.2 Å². The number of nitrogens with one attached hydrogen (secondary N) is 3. The Labute approximate surface area is 191 Å². The summed E-state index contributed by atoms with van der Waals surface area (Å²) >= 11 is 0. The standard InChI is InChI=1S/C24H26N4O5/c1-32-23(30)21(12-17-8-4-2-5-9-17)27-22(29)20(13-19-14-25-16-26-19)28-24(31)33-15-18-10-6-3-7-11-18/h2-11,14,16,20-21H,12-13,15H2,1H3,(H,25,26)(H,27,29)(H,28,31). The summed E-state index contributed by atoms with van der Waals surface area (Å²) in [6, 6.07) is 16.5. The van der Waals surface area contributed by atoms with Crippen molar-refractivity contribution < 1.29 is 23.9 Å². The largest absolute Gasteiger partial charge is 0.467 e. The molecule has 0 fully saturated rings. The molecule has 2 atom stereocenters. The maximum absolute atomic E-state index is 13.1. The van der Waals surface area contributed by atoms with E-state index in [1.165, 1.54) is 13.4 Å². The third-order valence-electron chi connectivity index (χ3n) is 4.89. The molecule has 0 bridgehead atoms. The van der Waals surface area contributed by atoms with Gasteiger partial charge >= 0.3 is 12.1 Å². The Hall–Kier alpha value is -4.14. The number of alkyl carbamates (subject to hydrolysis) is 1. The van der Waals surface area contributed by atoms with Gasteiger partial charge in [-0.05, 0) is 11.1 Å². The van der Waals surface area contributed by atoms with Crippen LogP contribution in [0.5, 0.6) is 0 Å². The summed E-state index contributed by atoms with van der Waals surface area (Å²) in [6.45, 7) is 0.0594. The van der Waals surface area contributed by atoms with E-state index in [-0.39, 0.29) is 19.4 Å². The molecule has 33 heavy (non-hydrogen) atoms. The molecule has 2 unspecified atom stereocenters. The summed E-state index contributed by atoms with van der Waals surface area (Å²) in [5.41, 5.74) is 2.31. The van der Waals surface area contributed by atoms with Gasteiger partial charge in [-0.1, -0.05) is 60.7 Å². The molecule has 0 spiro atoms. The number of imidazole rings is 1. The number of carbonyl (C=O) groups excluding carboxylic acids is 3. The Morgan fingerprint density at radius 2 is 1.58 bits per heavy atom. The average Bonchev–Trinajstić information content (AvgIpc) is 3.36. The van der Waals surface area contributed by atoms with E-state index in [0.29, 0.717) is 5.69 Å². The minimum absolute atomic E-state index is 0.0594. The van der Waals surface area contributed by atoms with Gasteiger partial charge in [-0.15, -0.1) is 0 Å². The van der Waals surface area contributed by atoms with Crippen molar-refractivity contribution in [3.63, 3.8) is 0 Å². The van der Waals surface area contributed by atoms with Crippen molar-refractivity contribution in [3.05, 3.63) is 90.0 Å². The lowest BCUT2D eigenvalue weighted by Crippen LogP contribution is -2.53. The van der Waals surface area contributed by atoms with Gasteiger partial charge in [0.1, 0.15) is 18.7 Å². The molecular weight excluding hydrogens is 424 g/mol. The molecule has 0 radical (unpaired) electrons. The summed E-state index contributed by atoms with van der Waals surface area (Å²) in [6.07, 6.45) is 2.65. The topological polar surface area (TPSA) is 122 Å². The van der Waals surface area contributed by atoms with E-state index in [0.717, 1.165) is 11.1 Å². The zero-order chi connectivity index (χ0) is 23.5. The fourth-order valence-corrected chi connectivity index (χ4v) is 3.19. The SMILES string of the molecule is COC(=O)C(Cc1ccccc1)NC(=O)C(Cc1cnc[nH]1)NC(=O)OCc1ccccc1. The number of aromatic nitrogens is 2. The third-order valence-corrected chi connectivity index (χ3v) is 4.89. The van der Waals surface area contributed by atoms with Gasteiger partial charge in [0.25, 0.3) is 0 Å². The zero-order valence-corrected chi connectivity index (χ0v) is 18.2. The van der Waals surface area contributed by atoms with E-state index in [2.05, 4.69) is 20.6 Å². The predicted molar refractivity (Wildman–Crippen MR) is 120 cm³/mol. The van der Waals surface area contributed by atoms with E-state index in [1.807, 2.05) is 60.7 Å². The van der Waals surface area contributed by atoms with E-state index >= 15 is 0 Å². The van der Waals surface area contributed by atoms with Crippen LogP contribution < -0.4 is 10.6 Å². The van der Waals surface area contributed by atoms with Crippen molar-refractivity contribution in [3.8, 4) is 0 Å². The molecule has 2 aromatic carbocycles. The molecule has 3 aromatic rings. The summed E-state index contributed by atoms with van der Waals surface area (Å²) in [4.78, 5) is 44.6. The number of H-pyrrole nitrogens is 1. The number of esters is 1. The number of benzene rings is 2. The quantitative estimate of drug-likeness (QED) is 0.407. The second kappa shape index (κ2) is 12.0. The summed E-state index contributed by atoms with van der Waals surface area (Å²) < 4.78 is 10.1. The highest BCUT2D eigenvalue weighted by Gasteiger charge is 2.28. The van der Waals surface area contributed by atoms with Crippen LogP contribution in [-0.2, 0) is 38.5 Å². The minimum atomic E-state index is -1.00. The number of nitrogens with zero attached hydrogens (tertiary/aromatic N) is 1. The fraction of sp³-hybridized carbons (Fsp3) is 0.250. The molecule has 0 aliphatic rings. The molecule has 172 valence electrons. The maximum Gasteiger partial charge on any atom is 0.408 e. The van der Waals surface area contributed by atoms with E-state index in [9.17, 15) is 14.4 Å². The lowest BCUT2D eigenvalue weighted by molar-refractivity contribution is -0.145. The first-order chi connectivity index (χ1) is 16.0. The van der Waals surface area contributed by atoms with Crippen LogP contribution >= 0.6 is 0 Å². The first-order valence-corrected chi connectivity index (χ1v) is 10.4. The molecule has 9 heteroatoms. The number of hydrogen-bond donors (Lipinski definition) is 3. The molecule has 2 amide bonds. The first-order valence-electron chi connectivity index (χ1n) is 10.4. The molecule has 0 saturated carbocycles. The molecule has 0 aliphatic carbocycles. The highest BCUT2D eigenvalue weighted by atomic mass is 16.5. The predicted octanol–water partition coefficient (Wildman–Crippen LogP) is 2.15. The molecule has 1 heterocycles. The number of carbonyl (C=O) groups is 3. The van der Waals surface area contributed by atoms with Gasteiger partial charge in [0.2, 0.25) is 5.91 Å². The van der Waals surface area contributed by atoms with Gasteiger partial charge in [0.05, 0.1) is 13.4 Å². The number of methoxy groups -OCH3 is 1. The average molecular weight is 450 g/mol. The number of ether oxygens (including phenoxy) is 2. The normalized spacial score (nSPS) is 12.3. The van der Waals surface area contributed by atoms with Crippen molar-refractivity contribution in [2.24, 2.45) is 0 Å². The smallest absolute Gasteiger partial charge is 0.408 e.